The molecule has 1 amide bonds. The third-order valence-electron chi connectivity index (χ3n) is 2.00. The van der Waals surface area contributed by atoms with Crippen LogP contribution in [0.1, 0.15) is 6.92 Å². The minimum atomic E-state index is -1.09. The summed E-state index contributed by atoms with van der Waals surface area (Å²) in [6.07, 6.45) is 0. The Balaban J connectivity index is 2.70. The van der Waals surface area contributed by atoms with Crippen molar-refractivity contribution in [2.24, 2.45) is 0 Å². The number of carboxylic acid groups (broad SMARTS) is 1. The molecule has 1 atom stereocenters. The maximum Gasteiger partial charge on any atom is 0.327 e. The summed E-state index contributed by atoms with van der Waals surface area (Å²) in [6.45, 7) is 1.27. The Kier molecular flexibility index (Phi) is 5.78. The second-order valence-electron chi connectivity index (χ2n) is 3.45. The average Bonchev–Trinajstić information content (AvgIpc) is 2.28. The highest BCUT2D eigenvalue weighted by Gasteiger charge is 2.19. The Labute approximate surface area is 119 Å². The molecule has 0 fully saturated rings. The van der Waals surface area contributed by atoms with Crippen LogP contribution in [0.2, 0.25) is 10.0 Å². The van der Waals surface area contributed by atoms with Gasteiger partial charge in [0, 0.05) is 17.6 Å². The van der Waals surface area contributed by atoms with Crippen LogP contribution in [0.4, 0.5) is 0 Å². The third-order valence-corrected chi connectivity index (χ3v) is 4.08. The Morgan fingerprint density at radius 3 is 2.67 bits per heavy atom. The molecular weight excluding hydrogens is 297 g/mol. The Bertz CT molecular complexity index is 468. The second-order valence-corrected chi connectivity index (χ2v) is 5.30. The molecule has 0 heterocycles. The summed E-state index contributed by atoms with van der Waals surface area (Å²) >= 11 is 13.0. The van der Waals surface area contributed by atoms with Crippen molar-refractivity contribution < 1.29 is 14.7 Å². The van der Waals surface area contributed by atoms with E-state index in [4.69, 9.17) is 28.3 Å². The van der Waals surface area contributed by atoms with E-state index in [0.717, 1.165) is 0 Å². The zero-order valence-corrected chi connectivity index (χ0v) is 11.8. The number of benzene rings is 1. The van der Waals surface area contributed by atoms with Gasteiger partial charge < -0.3 is 10.4 Å². The predicted octanol–water partition coefficient (Wildman–Crippen LogP) is 2.67. The van der Waals surface area contributed by atoms with Crippen LogP contribution in [0.3, 0.4) is 0 Å². The molecule has 98 valence electrons. The van der Waals surface area contributed by atoms with Gasteiger partial charge in [-0.3, -0.25) is 4.79 Å². The van der Waals surface area contributed by atoms with Gasteiger partial charge in [-0.15, -0.1) is 11.8 Å². The van der Waals surface area contributed by atoms with E-state index in [1.165, 1.54) is 18.7 Å². The second kappa shape index (κ2) is 6.87. The normalized spacial score (nSPS) is 11.9. The van der Waals surface area contributed by atoms with Gasteiger partial charge in [-0.2, -0.15) is 0 Å². The number of hydrogen-bond donors (Lipinski definition) is 2. The van der Waals surface area contributed by atoms with Gasteiger partial charge >= 0.3 is 5.97 Å². The van der Waals surface area contributed by atoms with Crippen LogP contribution < -0.4 is 5.32 Å². The first kappa shape index (κ1) is 15.1. The lowest BCUT2D eigenvalue weighted by Gasteiger charge is -2.13. The molecule has 0 radical (unpaired) electrons. The van der Waals surface area contributed by atoms with Crippen molar-refractivity contribution in [1.29, 1.82) is 0 Å². The summed E-state index contributed by atoms with van der Waals surface area (Å²) in [4.78, 5) is 22.5. The highest BCUT2D eigenvalue weighted by molar-refractivity contribution is 7.99. The zero-order valence-electron chi connectivity index (χ0n) is 9.44. The molecule has 0 aliphatic heterocycles. The lowest BCUT2D eigenvalue weighted by molar-refractivity contribution is -0.140. The molecule has 0 bridgehead atoms. The van der Waals surface area contributed by atoms with Gasteiger partial charge in [0.2, 0.25) is 5.91 Å². The first-order chi connectivity index (χ1) is 8.41. The van der Waals surface area contributed by atoms with Crippen LogP contribution in [0.15, 0.2) is 23.1 Å². The highest BCUT2D eigenvalue weighted by atomic mass is 35.5. The van der Waals surface area contributed by atoms with Crippen LogP contribution in [-0.4, -0.2) is 28.8 Å². The van der Waals surface area contributed by atoms with Crippen LogP contribution in [-0.2, 0) is 9.59 Å². The maximum atomic E-state index is 10.9. The number of nitrogens with one attached hydrogen (secondary N) is 1. The number of aliphatic carboxylic acids is 1. The molecule has 0 aliphatic rings. The molecule has 0 unspecified atom stereocenters. The van der Waals surface area contributed by atoms with Crippen molar-refractivity contribution in [1.82, 2.24) is 5.32 Å². The largest absolute Gasteiger partial charge is 0.480 e. The number of carboxylic acids is 1. The number of rotatable bonds is 5. The molecule has 1 aromatic carbocycles. The average molecular weight is 308 g/mol. The minimum Gasteiger partial charge on any atom is -0.480 e. The topological polar surface area (TPSA) is 66.4 Å². The molecule has 4 nitrogen and oxygen atoms in total. The fourth-order valence-corrected chi connectivity index (χ4v) is 2.69. The van der Waals surface area contributed by atoms with Crippen LogP contribution in [0.5, 0.6) is 0 Å². The van der Waals surface area contributed by atoms with Crippen molar-refractivity contribution in [2.75, 3.05) is 5.75 Å². The molecule has 18 heavy (non-hydrogen) atoms. The molecule has 1 rings (SSSR count). The SMILES string of the molecule is CC(=O)N[C@@H](CSc1cccc(Cl)c1Cl)C(=O)O. The molecule has 7 heteroatoms. The lowest BCUT2D eigenvalue weighted by atomic mass is 10.3. The molecule has 2 N–H and O–H groups in total. The monoisotopic (exact) mass is 307 g/mol. The summed E-state index contributed by atoms with van der Waals surface area (Å²) in [7, 11) is 0. The minimum absolute atomic E-state index is 0.176. The van der Waals surface area contributed by atoms with Crippen LogP contribution in [0.25, 0.3) is 0 Å². The molecule has 0 saturated carbocycles. The number of thioether (sulfide) groups is 1. The van der Waals surface area contributed by atoms with Gasteiger partial charge in [-0.25, -0.2) is 4.79 Å². The standard InChI is InChI=1S/C11H11Cl2NO3S/c1-6(15)14-8(11(16)17)5-18-9-4-2-3-7(12)10(9)13/h2-4,8H,5H2,1H3,(H,14,15)(H,16,17)/t8-/m0/s1. The van der Waals surface area contributed by atoms with Gasteiger partial charge in [-0.1, -0.05) is 29.3 Å². The first-order valence-electron chi connectivity index (χ1n) is 4.98. The van der Waals surface area contributed by atoms with Crippen molar-refractivity contribution in [3.63, 3.8) is 0 Å². The zero-order chi connectivity index (χ0) is 13.7. The Morgan fingerprint density at radius 2 is 2.11 bits per heavy atom. The molecule has 0 spiro atoms. The van der Waals surface area contributed by atoms with Gasteiger partial charge in [0.1, 0.15) is 6.04 Å². The van der Waals surface area contributed by atoms with Gasteiger partial charge in [-0.05, 0) is 12.1 Å². The van der Waals surface area contributed by atoms with Gasteiger partial charge in [0.05, 0.1) is 10.0 Å². The van der Waals surface area contributed by atoms with E-state index in [2.05, 4.69) is 5.32 Å². The van der Waals surface area contributed by atoms with E-state index in [9.17, 15) is 9.59 Å². The summed E-state index contributed by atoms with van der Waals surface area (Å²) in [5.41, 5.74) is 0. The quantitative estimate of drug-likeness (QED) is 0.821. The van der Waals surface area contributed by atoms with E-state index in [1.807, 2.05) is 0 Å². The summed E-state index contributed by atoms with van der Waals surface area (Å²) in [5, 5.41) is 12.1. The van der Waals surface area contributed by atoms with Crippen LogP contribution in [0, 0.1) is 0 Å². The molecule has 0 saturated heterocycles. The highest BCUT2D eigenvalue weighted by Crippen LogP contribution is 2.33. The Hall–Kier alpha value is -0.910. The van der Waals surface area contributed by atoms with Crippen molar-refractivity contribution in [3.8, 4) is 0 Å². The van der Waals surface area contributed by atoms with E-state index in [-0.39, 0.29) is 11.7 Å². The van der Waals surface area contributed by atoms with Crippen molar-refractivity contribution >= 4 is 46.8 Å². The van der Waals surface area contributed by atoms with Gasteiger partial charge in [0.25, 0.3) is 0 Å². The predicted molar refractivity (Wildman–Crippen MR) is 72.4 cm³/mol. The third kappa shape index (κ3) is 4.40. The van der Waals surface area contributed by atoms with Gasteiger partial charge in [0.15, 0.2) is 0 Å². The first-order valence-corrected chi connectivity index (χ1v) is 6.72. The maximum absolute atomic E-state index is 10.9. The Morgan fingerprint density at radius 1 is 1.44 bits per heavy atom. The van der Waals surface area contributed by atoms with Crippen molar-refractivity contribution in [2.45, 2.75) is 17.9 Å². The number of carbonyl (C=O) groups excluding carboxylic acids is 1. The summed E-state index contributed by atoms with van der Waals surface area (Å²) in [6, 6.07) is 4.16. The van der Waals surface area contributed by atoms with E-state index >= 15 is 0 Å². The van der Waals surface area contributed by atoms with Crippen LogP contribution >= 0.6 is 35.0 Å². The smallest absolute Gasteiger partial charge is 0.327 e. The van der Waals surface area contributed by atoms with Crippen molar-refractivity contribution in [3.05, 3.63) is 28.2 Å². The van der Waals surface area contributed by atoms with E-state index in [0.29, 0.717) is 14.9 Å². The fourth-order valence-electron chi connectivity index (χ4n) is 1.19. The molecule has 0 aliphatic carbocycles. The number of carbonyl (C=O) groups is 2. The fraction of sp³-hybridized carbons (Fsp3) is 0.273. The molecule has 0 aromatic heterocycles. The van der Waals surface area contributed by atoms with E-state index < -0.39 is 12.0 Å². The summed E-state index contributed by atoms with van der Waals surface area (Å²) < 4.78 is 0. The van der Waals surface area contributed by atoms with E-state index in [1.54, 1.807) is 18.2 Å². The number of hydrogen-bond acceptors (Lipinski definition) is 3. The molecular formula is C11H11Cl2NO3S. The number of amides is 1. The lowest BCUT2D eigenvalue weighted by Crippen LogP contribution is -2.41. The molecule has 1 aromatic rings. The number of halogens is 2. The summed E-state index contributed by atoms with van der Waals surface area (Å²) in [5.74, 6) is -1.30.